The van der Waals surface area contributed by atoms with Crippen molar-refractivity contribution in [3.8, 4) is 11.5 Å². The van der Waals surface area contributed by atoms with Gasteiger partial charge in [-0.05, 0) is 90.3 Å². The molecule has 6 rings (SSSR count). The van der Waals surface area contributed by atoms with Crippen LogP contribution in [0.1, 0.15) is 0 Å². The number of hydrogen-bond donors (Lipinski definition) is 0. The van der Waals surface area contributed by atoms with Gasteiger partial charge in [0, 0.05) is 0 Å². The molecule has 0 saturated carbocycles. The highest BCUT2D eigenvalue weighted by Crippen LogP contribution is 2.45. The number of halogens is 6. The average Bonchev–Trinajstić information content (AvgIpc) is 2.91. The summed E-state index contributed by atoms with van der Waals surface area (Å²) in [6.45, 7) is 0. The Morgan fingerprint density at radius 3 is 1.07 bits per heavy atom. The molecule has 6 aromatic rings. The number of rotatable bonds is 4. The van der Waals surface area contributed by atoms with Crippen LogP contribution in [0.2, 0.25) is 0 Å². The van der Waals surface area contributed by atoms with Crippen LogP contribution in [0.5, 0.6) is 11.5 Å². The summed E-state index contributed by atoms with van der Waals surface area (Å²) in [4.78, 5) is 0. The lowest BCUT2D eigenvalue weighted by Gasteiger charge is -2.18. The van der Waals surface area contributed by atoms with Gasteiger partial charge in [-0.25, -0.2) is 0 Å². The molecule has 0 fully saturated rings. The maximum atomic E-state index is 13.0. The zero-order valence-corrected chi connectivity index (χ0v) is 22.2. The normalized spacial score (nSPS) is 13.4. The van der Waals surface area contributed by atoms with E-state index in [1.807, 2.05) is 0 Å². The molecule has 0 saturated heterocycles. The molecule has 6 aromatic carbocycles. The third-order valence-electron chi connectivity index (χ3n) is 6.72. The molecule has 6 nitrogen and oxygen atoms in total. The number of fused-ring (bicyclic) bond motifs is 11. The Kier molecular flexibility index (Phi) is 6.03. The minimum absolute atomic E-state index is 0.383. The number of alkyl halides is 6. The topological polar surface area (TPSA) is 86.7 Å². The van der Waals surface area contributed by atoms with Crippen LogP contribution in [0.25, 0.3) is 53.9 Å². The van der Waals surface area contributed by atoms with E-state index in [4.69, 9.17) is 0 Å². The van der Waals surface area contributed by atoms with Crippen LogP contribution < -0.4 is 8.37 Å². The van der Waals surface area contributed by atoms with Crippen molar-refractivity contribution in [2.75, 3.05) is 0 Å². The smallest absolute Gasteiger partial charge is 0.376 e. The Morgan fingerprint density at radius 2 is 0.738 bits per heavy atom. The summed E-state index contributed by atoms with van der Waals surface area (Å²) >= 11 is 0. The van der Waals surface area contributed by atoms with Crippen LogP contribution in [0.3, 0.4) is 0 Å². The van der Waals surface area contributed by atoms with Crippen LogP contribution >= 0.6 is 0 Å². The van der Waals surface area contributed by atoms with Crippen molar-refractivity contribution in [1.82, 2.24) is 0 Å². The van der Waals surface area contributed by atoms with E-state index in [0.717, 1.165) is 12.1 Å². The maximum absolute atomic E-state index is 13.0. The van der Waals surface area contributed by atoms with Gasteiger partial charge in [0.05, 0.1) is 0 Å². The van der Waals surface area contributed by atoms with E-state index < -0.39 is 42.8 Å². The Balaban J connectivity index is 1.71. The van der Waals surface area contributed by atoms with Crippen LogP contribution in [-0.4, -0.2) is 27.9 Å². The fraction of sp³-hybridized carbons (Fsp3) is 0.0714. The fourth-order valence-electron chi connectivity index (χ4n) is 5.08. The first-order valence-electron chi connectivity index (χ1n) is 11.8. The summed E-state index contributed by atoms with van der Waals surface area (Å²) < 4.78 is 133. The van der Waals surface area contributed by atoms with Gasteiger partial charge >= 0.3 is 31.3 Å². The molecule has 0 N–H and O–H groups in total. The predicted octanol–water partition coefficient (Wildman–Crippen LogP) is 7.91. The molecule has 0 atom stereocenters. The molecule has 42 heavy (non-hydrogen) atoms. The second-order valence-corrected chi connectivity index (χ2v) is 12.3. The van der Waals surface area contributed by atoms with E-state index in [2.05, 4.69) is 8.37 Å². The van der Waals surface area contributed by atoms with Crippen LogP contribution in [0.4, 0.5) is 26.3 Å². The molecule has 216 valence electrons. The quantitative estimate of drug-likeness (QED) is 0.0858. The molecule has 0 aliphatic carbocycles. The highest BCUT2D eigenvalue weighted by Gasteiger charge is 2.49. The summed E-state index contributed by atoms with van der Waals surface area (Å²) in [5.41, 5.74) is -11.3. The second-order valence-electron chi connectivity index (χ2n) is 9.22. The highest BCUT2D eigenvalue weighted by molar-refractivity contribution is 7.88. The van der Waals surface area contributed by atoms with E-state index in [9.17, 15) is 43.2 Å². The monoisotopic (exact) mass is 624 g/mol. The molecule has 0 amide bonds. The third-order valence-corrected chi connectivity index (χ3v) is 8.68. The molecule has 0 bridgehead atoms. The van der Waals surface area contributed by atoms with E-state index in [1.54, 1.807) is 48.5 Å². The Morgan fingerprint density at radius 1 is 0.429 bits per heavy atom. The summed E-state index contributed by atoms with van der Waals surface area (Å²) in [5.74, 6) is -1.11. The molecule has 0 aromatic heterocycles. The van der Waals surface area contributed by atoms with E-state index in [-0.39, 0.29) is 0 Å². The van der Waals surface area contributed by atoms with Gasteiger partial charge < -0.3 is 8.37 Å². The lowest BCUT2D eigenvalue weighted by molar-refractivity contribution is -0.0504. The maximum Gasteiger partial charge on any atom is 0.534 e. The van der Waals surface area contributed by atoms with Crippen molar-refractivity contribution in [2.45, 2.75) is 11.0 Å². The van der Waals surface area contributed by atoms with Crippen molar-refractivity contribution in [3.05, 3.63) is 84.9 Å². The average molecular weight is 625 g/mol. The zero-order valence-electron chi connectivity index (χ0n) is 20.6. The zero-order chi connectivity index (χ0) is 30.2. The Bertz CT molecular complexity index is 2150. The minimum Gasteiger partial charge on any atom is -0.376 e. The molecule has 0 spiro atoms. The predicted molar refractivity (Wildman–Crippen MR) is 145 cm³/mol. The molecular weight excluding hydrogens is 610 g/mol. The first-order valence-corrected chi connectivity index (χ1v) is 14.6. The summed E-state index contributed by atoms with van der Waals surface area (Å²) in [6, 6.07) is 21.0. The van der Waals surface area contributed by atoms with Gasteiger partial charge in [-0.15, -0.1) is 0 Å². The number of hydrogen-bond acceptors (Lipinski definition) is 6. The standard InChI is InChI=1S/C28H14F6O6S2/c29-27(30,31)41(35,36)39-15-9-11-21-23(13-15)17-5-1-3-7-19(17)25-22-12-10-16(40-42(37,38)28(32,33)34)14-24(22)18-6-2-4-8-20(18)26(21)25/h1-14H. The van der Waals surface area contributed by atoms with Crippen molar-refractivity contribution in [1.29, 1.82) is 0 Å². The van der Waals surface area contributed by atoms with E-state index >= 15 is 0 Å². The highest BCUT2D eigenvalue weighted by atomic mass is 32.2. The molecule has 14 heteroatoms. The van der Waals surface area contributed by atoms with Gasteiger partial charge in [0.15, 0.2) is 0 Å². The van der Waals surface area contributed by atoms with Crippen molar-refractivity contribution in [3.63, 3.8) is 0 Å². The van der Waals surface area contributed by atoms with Gasteiger partial charge in [-0.1, -0.05) is 48.5 Å². The summed E-state index contributed by atoms with van der Waals surface area (Å²) in [7, 11) is -11.9. The van der Waals surface area contributed by atoms with Gasteiger partial charge in [0.25, 0.3) is 0 Å². The number of benzene rings is 6. The largest absolute Gasteiger partial charge is 0.534 e. The van der Waals surface area contributed by atoms with Crippen LogP contribution in [0.15, 0.2) is 84.9 Å². The summed E-state index contributed by atoms with van der Waals surface area (Å²) in [5, 5.41) is 5.27. The third kappa shape index (κ3) is 4.32. The van der Waals surface area contributed by atoms with Crippen LogP contribution in [-0.2, 0) is 20.2 Å². The molecular formula is C28H14F6O6S2. The lowest BCUT2D eigenvalue weighted by Crippen LogP contribution is -2.28. The van der Waals surface area contributed by atoms with E-state index in [0.29, 0.717) is 53.9 Å². The summed E-state index contributed by atoms with van der Waals surface area (Å²) in [6.07, 6.45) is 0. The van der Waals surface area contributed by atoms with Crippen LogP contribution in [0, 0.1) is 0 Å². The van der Waals surface area contributed by atoms with Gasteiger partial charge in [0.1, 0.15) is 11.5 Å². The Hall–Kier alpha value is -4.30. The molecule has 0 unspecified atom stereocenters. The van der Waals surface area contributed by atoms with Crippen molar-refractivity contribution < 1.29 is 51.5 Å². The first-order chi connectivity index (χ1) is 19.6. The molecule has 0 radical (unpaired) electrons. The van der Waals surface area contributed by atoms with Crippen molar-refractivity contribution >= 4 is 74.1 Å². The van der Waals surface area contributed by atoms with Gasteiger partial charge in [-0.3, -0.25) is 0 Å². The van der Waals surface area contributed by atoms with Gasteiger partial charge in [-0.2, -0.15) is 43.2 Å². The first kappa shape index (κ1) is 27.8. The minimum atomic E-state index is -5.93. The van der Waals surface area contributed by atoms with Gasteiger partial charge in [0.2, 0.25) is 0 Å². The fourth-order valence-corrected chi connectivity index (χ4v) is 5.98. The molecule has 0 heterocycles. The SMILES string of the molecule is O=S(=O)(Oc1ccc2c(c1)c1ccccc1c1c3ccc(OS(=O)(=O)C(F)(F)F)cc3c3ccccc3c21)C(F)(F)F. The molecule has 0 aliphatic rings. The lowest BCUT2D eigenvalue weighted by atomic mass is 9.87. The van der Waals surface area contributed by atoms with E-state index in [1.165, 1.54) is 24.3 Å². The van der Waals surface area contributed by atoms with Crippen molar-refractivity contribution in [2.24, 2.45) is 0 Å². The Labute approximate surface area is 232 Å². The second kappa shape index (κ2) is 9.10. The molecule has 0 aliphatic heterocycles.